The number of H-pyrrole nitrogens is 1. The number of ether oxygens (including phenoxy) is 2. The molecule has 0 spiro atoms. The lowest BCUT2D eigenvalue weighted by molar-refractivity contribution is -0.118. The fourth-order valence-corrected chi connectivity index (χ4v) is 3.35. The molecule has 3 heterocycles. The van der Waals surface area contributed by atoms with Crippen molar-refractivity contribution in [3.05, 3.63) is 35.4 Å². The Morgan fingerprint density at radius 1 is 1.32 bits per heavy atom. The predicted molar refractivity (Wildman–Crippen MR) is 91.8 cm³/mol. The molecule has 10 heteroatoms. The van der Waals surface area contributed by atoms with Gasteiger partial charge in [-0.15, -0.1) is 0 Å². The standard InChI is InChI=1S/C15H12ClN5O3S/c16-15-20-13-12(18-6-19-13)14(21-15)25-5-11(22)17-4-8-1-2-9-10(3-8)24-7-23-9/h1-3,6H,4-5,7H2,(H,17,22)(H,18,19,20,21). The lowest BCUT2D eigenvalue weighted by Crippen LogP contribution is -2.24. The number of nitrogens with zero attached hydrogens (tertiary/aromatic N) is 3. The summed E-state index contributed by atoms with van der Waals surface area (Å²) < 4.78 is 10.6. The summed E-state index contributed by atoms with van der Waals surface area (Å²) in [5.41, 5.74) is 2.07. The van der Waals surface area contributed by atoms with Crippen molar-refractivity contribution in [3.8, 4) is 11.5 Å². The predicted octanol–water partition coefficient (Wildman–Crippen LogP) is 2.14. The van der Waals surface area contributed by atoms with Crippen LogP contribution in [0.15, 0.2) is 29.6 Å². The van der Waals surface area contributed by atoms with E-state index in [1.165, 1.54) is 18.1 Å². The number of halogens is 1. The maximum Gasteiger partial charge on any atom is 0.231 e. The Morgan fingerprint density at radius 2 is 2.20 bits per heavy atom. The minimum atomic E-state index is -0.120. The van der Waals surface area contributed by atoms with Crippen LogP contribution in [0.25, 0.3) is 11.2 Å². The monoisotopic (exact) mass is 377 g/mol. The molecule has 0 saturated heterocycles. The molecule has 4 rings (SSSR count). The molecule has 128 valence electrons. The summed E-state index contributed by atoms with van der Waals surface area (Å²) in [6, 6.07) is 5.57. The normalized spacial score (nSPS) is 12.5. The number of aromatic nitrogens is 4. The smallest absolute Gasteiger partial charge is 0.231 e. The van der Waals surface area contributed by atoms with Crippen LogP contribution in [0.4, 0.5) is 0 Å². The van der Waals surface area contributed by atoms with Gasteiger partial charge in [0, 0.05) is 6.54 Å². The summed E-state index contributed by atoms with van der Waals surface area (Å²) in [4.78, 5) is 27.2. The van der Waals surface area contributed by atoms with E-state index in [1.807, 2.05) is 18.2 Å². The topological polar surface area (TPSA) is 102 Å². The Balaban J connectivity index is 1.35. The van der Waals surface area contributed by atoms with Gasteiger partial charge in [0.05, 0.1) is 12.1 Å². The first-order chi connectivity index (χ1) is 12.2. The van der Waals surface area contributed by atoms with Crippen LogP contribution in [-0.4, -0.2) is 38.4 Å². The molecule has 1 amide bonds. The second kappa shape index (κ2) is 6.77. The Morgan fingerprint density at radius 3 is 3.12 bits per heavy atom. The van der Waals surface area contributed by atoms with E-state index in [0.29, 0.717) is 28.5 Å². The molecule has 0 aliphatic carbocycles. The number of hydrogen-bond donors (Lipinski definition) is 2. The van der Waals surface area contributed by atoms with Gasteiger partial charge in [-0.25, -0.2) is 9.97 Å². The highest BCUT2D eigenvalue weighted by atomic mass is 35.5. The molecule has 0 atom stereocenters. The molecule has 1 aliphatic heterocycles. The molecule has 0 bridgehead atoms. The third-order valence-electron chi connectivity index (χ3n) is 3.49. The number of carbonyl (C=O) groups is 1. The van der Waals surface area contributed by atoms with Crippen molar-refractivity contribution in [1.29, 1.82) is 0 Å². The summed E-state index contributed by atoms with van der Waals surface area (Å²) in [5, 5.41) is 3.55. The Kier molecular flexibility index (Phi) is 4.33. The van der Waals surface area contributed by atoms with Gasteiger partial charge in [-0.2, -0.15) is 4.98 Å². The van der Waals surface area contributed by atoms with E-state index in [0.717, 1.165) is 11.3 Å². The number of amides is 1. The zero-order chi connectivity index (χ0) is 17.2. The van der Waals surface area contributed by atoms with Crippen LogP contribution in [0.5, 0.6) is 11.5 Å². The van der Waals surface area contributed by atoms with Gasteiger partial charge in [0.15, 0.2) is 17.1 Å². The second-order valence-corrected chi connectivity index (χ2v) is 6.45. The molecule has 3 aromatic rings. The molecule has 1 aliphatic rings. The molecule has 8 nitrogen and oxygen atoms in total. The molecule has 2 aromatic heterocycles. The quantitative estimate of drug-likeness (QED) is 0.399. The first-order valence-electron chi connectivity index (χ1n) is 7.34. The van der Waals surface area contributed by atoms with Gasteiger partial charge >= 0.3 is 0 Å². The van der Waals surface area contributed by atoms with Gasteiger partial charge in [-0.1, -0.05) is 17.8 Å². The number of aromatic amines is 1. The summed E-state index contributed by atoms with van der Waals surface area (Å²) in [7, 11) is 0. The first-order valence-corrected chi connectivity index (χ1v) is 8.70. The van der Waals surface area contributed by atoms with Crippen molar-refractivity contribution < 1.29 is 14.3 Å². The number of nitrogens with one attached hydrogen (secondary N) is 2. The largest absolute Gasteiger partial charge is 0.454 e. The van der Waals surface area contributed by atoms with E-state index in [2.05, 4.69) is 25.3 Å². The third-order valence-corrected chi connectivity index (χ3v) is 4.64. The summed E-state index contributed by atoms with van der Waals surface area (Å²) >= 11 is 7.14. The maximum atomic E-state index is 12.1. The van der Waals surface area contributed by atoms with Crippen molar-refractivity contribution >= 4 is 40.4 Å². The minimum Gasteiger partial charge on any atom is -0.454 e. The van der Waals surface area contributed by atoms with E-state index in [1.54, 1.807) is 0 Å². The lowest BCUT2D eigenvalue weighted by atomic mass is 10.2. The number of benzene rings is 1. The number of hydrogen-bond acceptors (Lipinski definition) is 7. The fourth-order valence-electron chi connectivity index (χ4n) is 2.32. The van der Waals surface area contributed by atoms with Crippen molar-refractivity contribution in [2.24, 2.45) is 0 Å². The average Bonchev–Trinajstić information content (AvgIpc) is 3.25. The third kappa shape index (κ3) is 3.47. The van der Waals surface area contributed by atoms with Crippen molar-refractivity contribution in [2.45, 2.75) is 11.6 Å². The SMILES string of the molecule is O=C(CSc1nc(Cl)nc2nc[nH]c12)NCc1ccc2c(c1)OCO2. The van der Waals surface area contributed by atoms with Gasteiger partial charge in [0.1, 0.15) is 10.5 Å². The molecule has 1 aromatic carbocycles. The van der Waals surface area contributed by atoms with Crippen molar-refractivity contribution in [2.75, 3.05) is 12.5 Å². The van der Waals surface area contributed by atoms with Crippen LogP contribution in [-0.2, 0) is 11.3 Å². The number of rotatable bonds is 5. The Bertz CT molecular complexity index is 948. The molecule has 0 saturated carbocycles. The molecule has 0 fully saturated rings. The van der Waals surface area contributed by atoms with Gasteiger partial charge < -0.3 is 19.8 Å². The molecule has 0 unspecified atom stereocenters. The van der Waals surface area contributed by atoms with Crippen LogP contribution in [0, 0.1) is 0 Å². The van der Waals surface area contributed by atoms with Gasteiger partial charge in [0.2, 0.25) is 18.0 Å². The number of thioether (sulfide) groups is 1. The van der Waals surface area contributed by atoms with Gasteiger partial charge in [-0.3, -0.25) is 4.79 Å². The first kappa shape index (κ1) is 16.0. The highest BCUT2D eigenvalue weighted by molar-refractivity contribution is 8.00. The van der Waals surface area contributed by atoms with E-state index < -0.39 is 0 Å². The van der Waals surface area contributed by atoms with Crippen LogP contribution < -0.4 is 14.8 Å². The molecular weight excluding hydrogens is 366 g/mol. The van der Waals surface area contributed by atoms with Crippen LogP contribution in [0.1, 0.15) is 5.56 Å². The summed E-state index contributed by atoms with van der Waals surface area (Å²) in [5.74, 6) is 1.49. The molecule has 2 N–H and O–H groups in total. The number of imidazole rings is 1. The Labute approximate surface area is 151 Å². The highest BCUT2D eigenvalue weighted by Crippen LogP contribution is 2.32. The second-order valence-electron chi connectivity index (χ2n) is 5.15. The zero-order valence-electron chi connectivity index (χ0n) is 12.8. The van der Waals surface area contributed by atoms with E-state index in [9.17, 15) is 4.79 Å². The molecule has 0 radical (unpaired) electrons. The maximum absolute atomic E-state index is 12.1. The van der Waals surface area contributed by atoms with E-state index in [4.69, 9.17) is 21.1 Å². The zero-order valence-corrected chi connectivity index (χ0v) is 14.4. The summed E-state index contributed by atoms with van der Waals surface area (Å²) in [6.07, 6.45) is 1.51. The average molecular weight is 378 g/mol. The van der Waals surface area contributed by atoms with Crippen LogP contribution in [0.3, 0.4) is 0 Å². The Hall–Kier alpha value is -2.52. The number of fused-ring (bicyclic) bond motifs is 2. The molecular formula is C15H12ClN5O3S. The fraction of sp³-hybridized carbons (Fsp3) is 0.200. The van der Waals surface area contributed by atoms with Crippen molar-refractivity contribution in [1.82, 2.24) is 25.3 Å². The number of carbonyl (C=O) groups excluding carboxylic acids is 1. The molecule has 25 heavy (non-hydrogen) atoms. The van der Waals surface area contributed by atoms with Crippen LogP contribution in [0.2, 0.25) is 5.28 Å². The van der Waals surface area contributed by atoms with Gasteiger partial charge in [-0.05, 0) is 29.3 Å². The highest BCUT2D eigenvalue weighted by Gasteiger charge is 2.14. The van der Waals surface area contributed by atoms with Crippen LogP contribution >= 0.6 is 23.4 Å². The van der Waals surface area contributed by atoms with E-state index >= 15 is 0 Å². The van der Waals surface area contributed by atoms with Crippen molar-refractivity contribution in [3.63, 3.8) is 0 Å². The summed E-state index contributed by atoms with van der Waals surface area (Å²) in [6.45, 7) is 0.630. The lowest BCUT2D eigenvalue weighted by Gasteiger charge is -2.06. The van der Waals surface area contributed by atoms with Gasteiger partial charge in [0.25, 0.3) is 0 Å². The minimum absolute atomic E-state index is 0.0999. The van der Waals surface area contributed by atoms with E-state index in [-0.39, 0.29) is 23.7 Å².